The lowest BCUT2D eigenvalue weighted by Crippen LogP contribution is -2.13. The van der Waals surface area contributed by atoms with Gasteiger partial charge < -0.3 is 5.11 Å². The van der Waals surface area contributed by atoms with Crippen molar-refractivity contribution in [3.8, 4) is 5.69 Å². The number of rotatable bonds is 2. The number of nitrogens with one attached hydrogen (secondary N) is 1. The number of aromatic amines is 1. The Morgan fingerprint density at radius 2 is 2.06 bits per heavy atom. The van der Waals surface area contributed by atoms with Gasteiger partial charge in [-0.15, -0.1) is 0 Å². The molecule has 0 radical (unpaired) electrons. The van der Waals surface area contributed by atoms with Crippen molar-refractivity contribution in [1.29, 1.82) is 0 Å². The van der Waals surface area contributed by atoms with Gasteiger partial charge in [0.25, 0.3) is 5.56 Å². The van der Waals surface area contributed by atoms with Crippen LogP contribution in [0.2, 0.25) is 0 Å². The largest absolute Gasteiger partial charge is 0.477 e. The van der Waals surface area contributed by atoms with Crippen LogP contribution in [0.25, 0.3) is 5.69 Å². The number of carboxylic acids is 1. The van der Waals surface area contributed by atoms with Crippen LogP contribution in [0.1, 0.15) is 10.5 Å². The second-order valence-electron chi connectivity index (χ2n) is 3.10. The van der Waals surface area contributed by atoms with Crippen molar-refractivity contribution in [2.45, 2.75) is 0 Å². The molecule has 0 unspecified atom stereocenters. The molecule has 0 atom stereocenters. The van der Waals surface area contributed by atoms with Crippen molar-refractivity contribution in [3.05, 3.63) is 50.9 Å². The van der Waals surface area contributed by atoms with E-state index in [4.69, 9.17) is 5.11 Å². The first-order valence-corrected chi connectivity index (χ1v) is 5.19. The summed E-state index contributed by atoms with van der Waals surface area (Å²) < 4.78 is 1.88. The molecule has 1 heterocycles. The van der Waals surface area contributed by atoms with Crippen molar-refractivity contribution in [2.24, 2.45) is 0 Å². The highest BCUT2D eigenvalue weighted by Crippen LogP contribution is 2.18. The first kappa shape index (κ1) is 10.7. The van der Waals surface area contributed by atoms with Gasteiger partial charge in [0.2, 0.25) is 0 Å². The summed E-state index contributed by atoms with van der Waals surface area (Å²) in [7, 11) is 0. The smallest absolute Gasteiger partial charge is 0.353 e. The second kappa shape index (κ2) is 3.97. The number of aromatic carboxylic acids is 1. The van der Waals surface area contributed by atoms with E-state index in [0.717, 1.165) is 6.07 Å². The number of carboxylic acid groups (broad SMARTS) is 1. The molecular weight excluding hydrogens is 276 g/mol. The molecule has 0 aliphatic rings. The fourth-order valence-corrected chi connectivity index (χ4v) is 1.78. The highest BCUT2D eigenvalue weighted by Gasteiger charge is 2.11. The van der Waals surface area contributed by atoms with Gasteiger partial charge in [-0.2, -0.15) is 0 Å². The Morgan fingerprint density at radius 1 is 1.38 bits per heavy atom. The van der Waals surface area contributed by atoms with Gasteiger partial charge >= 0.3 is 5.97 Å². The maximum Gasteiger partial charge on any atom is 0.353 e. The van der Waals surface area contributed by atoms with Crippen LogP contribution in [0.5, 0.6) is 0 Å². The molecular formula is C10H7BrN2O3. The number of benzene rings is 1. The van der Waals surface area contributed by atoms with E-state index < -0.39 is 11.5 Å². The van der Waals surface area contributed by atoms with Crippen LogP contribution in [-0.2, 0) is 0 Å². The Kier molecular flexibility index (Phi) is 2.66. The third kappa shape index (κ3) is 1.79. The summed E-state index contributed by atoms with van der Waals surface area (Å²) in [6.45, 7) is 0. The van der Waals surface area contributed by atoms with Crippen molar-refractivity contribution in [2.75, 3.05) is 0 Å². The molecule has 2 aromatic rings. The topological polar surface area (TPSA) is 75.1 Å². The lowest BCUT2D eigenvalue weighted by Gasteiger charge is -2.03. The van der Waals surface area contributed by atoms with Crippen LogP contribution in [0.3, 0.4) is 0 Å². The zero-order chi connectivity index (χ0) is 11.7. The SMILES string of the molecule is O=C(O)c1cc(=O)n(-c2ccccc2Br)[nH]1. The maximum absolute atomic E-state index is 11.5. The van der Waals surface area contributed by atoms with Crippen LogP contribution in [-0.4, -0.2) is 20.9 Å². The van der Waals surface area contributed by atoms with Crippen LogP contribution in [0.15, 0.2) is 39.6 Å². The Bertz CT molecular complexity index is 600. The van der Waals surface area contributed by atoms with Gasteiger partial charge in [0, 0.05) is 10.5 Å². The highest BCUT2D eigenvalue weighted by atomic mass is 79.9. The number of aromatic nitrogens is 2. The van der Waals surface area contributed by atoms with E-state index in [0.29, 0.717) is 10.2 Å². The summed E-state index contributed by atoms with van der Waals surface area (Å²) in [4.78, 5) is 22.2. The van der Waals surface area contributed by atoms with Crippen molar-refractivity contribution in [1.82, 2.24) is 9.78 Å². The predicted molar refractivity (Wildman–Crippen MR) is 61.0 cm³/mol. The molecule has 5 nitrogen and oxygen atoms in total. The van der Waals surface area contributed by atoms with E-state index in [1.165, 1.54) is 4.68 Å². The van der Waals surface area contributed by atoms with Crippen LogP contribution in [0.4, 0.5) is 0 Å². The van der Waals surface area contributed by atoms with E-state index in [9.17, 15) is 9.59 Å². The summed E-state index contributed by atoms with van der Waals surface area (Å²) in [6, 6.07) is 8.08. The zero-order valence-electron chi connectivity index (χ0n) is 7.98. The van der Waals surface area contributed by atoms with Gasteiger partial charge in [-0.25, -0.2) is 9.48 Å². The molecule has 16 heavy (non-hydrogen) atoms. The van der Waals surface area contributed by atoms with E-state index in [-0.39, 0.29) is 5.69 Å². The fraction of sp³-hybridized carbons (Fsp3) is 0. The van der Waals surface area contributed by atoms with E-state index in [1.807, 2.05) is 0 Å². The quantitative estimate of drug-likeness (QED) is 0.879. The number of hydrogen-bond donors (Lipinski definition) is 2. The van der Waals surface area contributed by atoms with Crippen LogP contribution < -0.4 is 5.56 Å². The molecule has 1 aromatic heterocycles. The number of carbonyl (C=O) groups is 1. The van der Waals surface area contributed by atoms with Crippen molar-refractivity contribution in [3.63, 3.8) is 0 Å². The van der Waals surface area contributed by atoms with E-state index >= 15 is 0 Å². The average molecular weight is 283 g/mol. The van der Waals surface area contributed by atoms with E-state index in [1.54, 1.807) is 24.3 Å². The first-order valence-electron chi connectivity index (χ1n) is 4.40. The molecule has 2 N–H and O–H groups in total. The molecule has 1 aromatic carbocycles. The lowest BCUT2D eigenvalue weighted by molar-refractivity contribution is 0.0690. The molecule has 6 heteroatoms. The number of nitrogens with zero attached hydrogens (tertiary/aromatic N) is 1. The summed E-state index contributed by atoms with van der Waals surface area (Å²) in [5.41, 5.74) is 0.0186. The fourth-order valence-electron chi connectivity index (χ4n) is 1.32. The monoisotopic (exact) mass is 282 g/mol. The van der Waals surface area contributed by atoms with Gasteiger partial charge in [0.15, 0.2) is 0 Å². The Labute approximate surface area is 98.4 Å². The minimum Gasteiger partial charge on any atom is -0.477 e. The van der Waals surface area contributed by atoms with Gasteiger partial charge in [0.05, 0.1) is 5.69 Å². The normalized spacial score (nSPS) is 10.3. The number of para-hydroxylation sites is 1. The summed E-state index contributed by atoms with van der Waals surface area (Å²) in [5.74, 6) is -1.16. The average Bonchev–Trinajstić information content (AvgIpc) is 2.61. The molecule has 82 valence electrons. The van der Waals surface area contributed by atoms with E-state index in [2.05, 4.69) is 21.0 Å². The van der Waals surface area contributed by atoms with Crippen LogP contribution >= 0.6 is 15.9 Å². The van der Waals surface area contributed by atoms with Crippen molar-refractivity contribution >= 4 is 21.9 Å². The Morgan fingerprint density at radius 3 is 2.62 bits per heavy atom. The molecule has 0 saturated carbocycles. The molecule has 0 amide bonds. The van der Waals surface area contributed by atoms with Gasteiger partial charge in [-0.05, 0) is 28.1 Å². The number of H-pyrrole nitrogens is 1. The molecule has 0 fully saturated rings. The van der Waals surface area contributed by atoms with Crippen molar-refractivity contribution < 1.29 is 9.90 Å². The third-order valence-electron chi connectivity index (χ3n) is 2.04. The number of hydrogen-bond acceptors (Lipinski definition) is 2. The third-order valence-corrected chi connectivity index (χ3v) is 2.71. The number of halogens is 1. The minimum atomic E-state index is -1.16. The Balaban J connectivity index is 2.61. The second-order valence-corrected chi connectivity index (χ2v) is 3.95. The van der Waals surface area contributed by atoms with Gasteiger partial charge in [0.1, 0.15) is 5.69 Å². The van der Waals surface area contributed by atoms with Crippen LogP contribution in [0, 0.1) is 0 Å². The highest BCUT2D eigenvalue weighted by molar-refractivity contribution is 9.10. The maximum atomic E-state index is 11.5. The summed E-state index contributed by atoms with van der Waals surface area (Å²) in [6.07, 6.45) is 0. The summed E-state index contributed by atoms with van der Waals surface area (Å²) in [5, 5.41) is 11.3. The molecule has 0 spiro atoms. The lowest BCUT2D eigenvalue weighted by atomic mass is 10.3. The molecule has 0 aliphatic carbocycles. The molecule has 2 rings (SSSR count). The first-order chi connectivity index (χ1) is 7.59. The predicted octanol–water partition coefficient (Wildman–Crippen LogP) is 1.63. The summed E-state index contributed by atoms with van der Waals surface area (Å²) >= 11 is 3.29. The van der Waals surface area contributed by atoms with Gasteiger partial charge in [-0.3, -0.25) is 9.89 Å². The molecule has 0 saturated heterocycles. The zero-order valence-corrected chi connectivity index (χ0v) is 9.56. The Hall–Kier alpha value is -1.82. The van der Waals surface area contributed by atoms with Gasteiger partial charge in [-0.1, -0.05) is 12.1 Å². The standard InChI is InChI=1S/C10H7BrN2O3/c11-6-3-1-2-4-8(6)13-9(14)5-7(12-13)10(15)16/h1-5,12H,(H,15,16). The minimum absolute atomic E-state index is 0.138. The molecule has 0 bridgehead atoms. The molecule has 0 aliphatic heterocycles.